The van der Waals surface area contributed by atoms with E-state index in [9.17, 15) is 4.79 Å². The zero-order valence-corrected chi connectivity index (χ0v) is 36.4. The fourth-order valence-corrected chi connectivity index (χ4v) is 11.1. The predicted molar refractivity (Wildman–Crippen MR) is 277 cm³/mol. The maximum Gasteiger partial charge on any atom is 0.264 e. The maximum absolute atomic E-state index is 15.0. The predicted octanol–water partition coefficient (Wildman–Crippen LogP) is 14.1. The van der Waals surface area contributed by atoms with Crippen LogP contribution >= 0.6 is 0 Å². The smallest absolute Gasteiger partial charge is 0.264 e. The Morgan fingerprint density at radius 2 is 0.896 bits per heavy atom. The fraction of sp³-hybridized carbons (Fsp3) is 0.0492. The van der Waals surface area contributed by atoms with Crippen LogP contribution in [0, 0.1) is 5.92 Å². The molecule has 314 valence electrons. The molecule has 13 aromatic rings. The summed E-state index contributed by atoms with van der Waals surface area (Å²) in [5.74, 6) is 0.420. The Labute approximate surface area is 383 Å². The average Bonchev–Trinajstić information content (AvgIpc) is 3.97. The normalized spacial score (nSPS) is 14.3. The van der Waals surface area contributed by atoms with Gasteiger partial charge in [-0.25, -0.2) is 9.97 Å². The molecule has 4 aromatic heterocycles. The number of hydrogen-bond donors (Lipinski definition) is 0. The van der Waals surface area contributed by atoms with Crippen LogP contribution in [0.25, 0.3) is 127 Å². The Bertz CT molecular complexity index is 4400. The van der Waals surface area contributed by atoms with Gasteiger partial charge in [-0.15, -0.1) is 0 Å². The van der Waals surface area contributed by atoms with E-state index in [0.717, 1.165) is 111 Å². The molecule has 0 bridgehead atoms. The molecular weight excluding hydrogens is 821 g/mol. The maximum atomic E-state index is 15.0. The van der Waals surface area contributed by atoms with Crippen molar-refractivity contribution in [2.24, 2.45) is 5.92 Å². The van der Waals surface area contributed by atoms with Gasteiger partial charge in [0.05, 0.1) is 22.1 Å². The van der Waals surface area contributed by atoms with E-state index < -0.39 is 0 Å². The number of nitrogens with zero attached hydrogens (tertiary/aromatic N) is 4. The van der Waals surface area contributed by atoms with Crippen LogP contribution in [0.4, 0.5) is 0 Å². The first-order chi connectivity index (χ1) is 33.0. The molecule has 1 atom stereocenters. The highest BCUT2D eigenvalue weighted by molar-refractivity contribution is 6.24. The van der Waals surface area contributed by atoms with Crippen LogP contribution in [-0.2, 0) is 0 Å². The Hall–Kier alpha value is -8.74. The molecule has 0 fully saturated rings. The summed E-state index contributed by atoms with van der Waals surface area (Å²) >= 11 is 0. The van der Waals surface area contributed by atoms with E-state index in [0.29, 0.717) is 28.0 Å². The highest BCUT2D eigenvalue weighted by Gasteiger charge is 2.25. The Balaban J connectivity index is 1.01. The number of allylic oxidation sites excluding steroid dienone is 4. The number of hydrogen-bond acceptors (Lipinski definition) is 4. The molecule has 6 nitrogen and oxygen atoms in total. The van der Waals surface area contributed by atoms with Gasteiger partial charge in [-0.2, -0.15) is 0 Å². The van der Waals surface area contributed by atoms with Crippen LogP contribution < -0.4 is 11.1 Å². The summed E-state index contributed by atoms with van der Waals surface area (Å²) in [6.07, 6.45) is 7.50. The average molecular weight is 859 g/mol. The molecule has 0 N–H and O–H groups in total. The SMILES string of the molecule is CC1C=CC=C(c2cc(-c3ccccc3)c3nc4c5ccc(-c6ccc7c8c6cccc8c(=O)n6c8cc(-c9ccccc9)cc(-c9ccccc9)c8nc76)c6cccc(c(=O)n4c3c2)c65)C1. The molecule has 0 spiro atoms. The van der Waals surface area contributed by atoms with Crippen LogP contribution in [-0.4, -0.2) is 18.8 Å². The highest BCUT2D eigenvalue weighted by atomic mass is 16.1. The van der Waals surface area contributed by atoms with E-state index in [1.807, 2.05) is 71.1 Å². The van der Waals surface area contributed by atoms with Crippen molar-refractivity contribution in [2.75, 3.05) is 0 Å². The van der Waals surface area contributed by atoms with Crippen LogP contribution in [0.2, 0.25) is 0 Å². The van der Waals surface area contributed by atoms with E-state index in [1.165, 1.54) is 5.57 Å². The number of rotatable bonds is 5. The topological polar surface area (TPSA) is 68.7 Å². The van der Waals surface area contributed by atoms with Crippen LogP contribution in [0.1, 0.15) is 18.9 Å². The lowest BCUT2D eigenvalue weighted by atomic mass is 9.89. The van der Waals surface area contributed by atoms with Crippen LogP contribution in [0.15, 0.2) is 204 Å². The molecule has 67 heavy (non-hydrogen) atoms. The zero-order valence-electron chi connectivity index (χ0n) is 36.4. The standard InChI is InChI=1S/C61H38N4O2/c1-35-14-11-21-39(30-35)41-32-51(38-19-9-4-10-20-38)57-53(34-41)65-59(63-57)47-29-27-43(45-23-13-25-49(55(45)47)61(65)67)42-26-28-46-54-44(42)22-12-24-48(54)60(66)64-52-33-40(36-15-5-2-6-16-36)31-50(56(52)62-58(46)64)37-17-7-3-8-18-37/h2-29,31-35H,30H2,1H3. The molecule has 6 heteroatoms. The molecule has 1 unspecified atom stereocenters. The summed E-state index contributed by atoms with van der Waals surface area (Å²) in [5.41, 5.74) is 14.7. The second-order valence-electron chi connectivity index (χ2n) is 18.1. The second kappa shape index (κ2) is 14.1. The van der Waals surface area contributed by atoms with Gasteiger partial charge in [-0.1, -0.05) is 153 Å². The first-order valence-electron chi connectivity index (χ1n) is 22.9. The summed E-state index contributed by atoms with van der Waals surface area (Å²) in [6, 6.07) is 60.2. The van der Waals surface area contributed by atoms with Gasteiger partial charge in [-0.05, 0) is 116 Å². The molecular formula is C61H38N4O2. The third-order valence-electron chi connectivity index (χ3n) is 14.2. The number of imidazole rings is 2. The van der Waals surface area contributed by atoms with Gasteiger partial charge in [0.15, 0.2) is 0 Å². The molecule has 0 saturated heterocycles. The zero-order chi connectivity index (χ0) is 44.5. The lowest BCUT2D eigenvalue weighted by molar-refractivity contribution is 0.749. The van der Waals surface area contributed by atoms with E-state index in [4.69, 9.17) is 9.97 Å². The summed E-state index contributed by atoms with van der Waals surface area (Å²) in [6.45, 7) is 2.24. The van der Waals surface area contributed by atoms with Gasteiger partial charge >= 0.3 is 0 Å². The molecule has 9 aromatic carbocycles. The minimum atomic E-state index is -0.109. The summed E-state index contributed by atoms with van der Waals surface area (Å²) in [7, 11) is 0. The van der Waals surface area contributed by atoms with Crippen molar-refractivity contribution in [2.45, 2.75) is 13.3 Å². The van der Waals surface area contributed by atoms with Crippen LogP contribution in [0.3, 0.4) is 0 Å². The molecule has 1 aliphatic carbocycles. The van der Waals surface area contributed by atoms with Gasteiger partial charge in [0.1, 0.15) is 11.3 Å². The number of fused-ring (bicyclic) bond motifs is 8. The molecule has 0 radical (unpaired) electrons. The largest absolute Gasteiger partial charge is 0.268 e. The third-order valence-corrected chi connectivity index (χ3v) is 14.2. The first kappa shape index (κ1) is 37.6. The quantitative estimate of drug-likeness (QED) is 0.173. The third kappa shape index (κ3) is 5.44. The Morgan fingerprint density at radius 1 is 0.433 bits per heavy atom. The van der Waals surface area contributed by atoms with Gasteiger partial charge in [0.2, 0.25) is 0 Å². The summed E-state index contributed by atoms with van der Waals surface area (Å²) in [5, 5.41) is 6.73. The Morgan fingerprint density at radius 3 is 1.40 bits per heavy atom. The van der Waals surface area contributed by atoms with E-state index in [-0.39, 0.29) is 11.1 Å². The number of aromatic nitrogens is 4. The van der Waals surface area contributed by atoms with Gasteiger partial charge in [0.25, 0.3) is 11.1 Å². The summed E-state index contributed by atoms with van der Waals surface area (Å²) in [4.78, 5) is 40.7. The van der Waals surface area contributed by atoms with Crippen molar-refractivity contribution in [3.8, 4) is 44.5 Å². The van der Waals surface area contributed by atoms with E-state index in [1.54, 1.807) is 4.40 Å². The molecule has 4 heterocycles. The highest BCUT2D eigenvalue weighted by Crippen LogP contribution is 2.44. The first-order valence-corrected chi connectivity index (χ1v) is 22.9. The molecule has 0 aliphatic heterocycles. The molecule has 1 aliphatic rings. The number of pyridine rings is 2. The van der Waals surface area contributed by atoms with Crippen molar-refractivity contribution < 1.29 is 0 Å². The molecule has 14 rings (SSSR count). The van der Waals surface area contributed by atoms with Crippen molar-refractivity contribution in [1.29, 1.82) is 0 Å². The van der Waals surface area contributed by atoms with E-state index >= 15 is 4.79 Å². The lowest BCUT2D eigenvalue weighted by Crippen LogP contribution is -2.13. The summed E-state index contributed by atoms with van der Waals surface area (Å²) < 4.78 is 3.64. The fourth-order valence-electron chi connectivity index (χ4n) is 11.1. The second-order valence-corrected chi connectivity index (χ2v) is 18.1. The van der Waals surface area contributed by atoms with Gasteiger partial charge < -0.3 is 0 Å². The van der Waals surface area contributed by atoms with Crippen molar-refractivity contribution >= 4 is 82.0 Å². The number of benzene rings is 9. The van der Waals surface area contributed by atoms with Gasteiger partial charge in [-0.3, -0.25) is 18.4 Å². The van der Waals surface area contributed by atoms with Crippen molar-refractivity contribution in [3.05, 3.63) is 220 Å². The van der Waals surface area contributed by atoms with E-state index in [2.05, 4.69) is 134 Å². The monoisotopic (exact) mass is 858 g/mol. The molecule has 0 saturated carbocycles. The Kier molecular flexibility index (Phi) is 7.93. The minimum Gasteiger partial charge on any atom is -0.268 e. The van der Waals surface area contributed by atoms with Gasteiger partial charge in [0, 0.05) is 43.4 Å². The minimum absolute atomic E-state index is 0.0958. The van der Waals surface area contributed by atoms with Crippen LogP contribution in [0.5, 0.6) is 0 Å². The van der Waals surface area contributed by atoms with Crippen molar-refractivity contribution in [3.63, 3.8) is 0 Å². The van der Waals surface area contributed by atoms with Crippen molar-refractivity contribution in [1.82, 2.24) is 18.8 Å². The molecule has 0 amide bonds. The lowest BCUT2D eigenvalue weighted by Gasteiger charge is -2.16.